The van der Waals surface area contributed by atoms with Gasteiger partial charge in [-0.3, -0.25) is 4.79 Å². The minimum absolute atomic E-state index is 0.00837. The van der Waals surface area contributed by atoms with Crippen LogP contribution in [0.1, 0.15) is 20.3 Å². The molecule has 0 saturated carbocycles. The predicted molar refractivity (Wildman–Crippen MR) is 62.6 cm³/mol. The SMILES string of the molecule is CC(C)C(O)C(N)C(=O)N1CC(O)CC1C(=O)O. The monoisotopic (exact) mass is 260 g/mol. The summed E-state index contributed by atoms with van der Waals surface area (Å²) in [5.74, 6) is -2.02. The number of nitrogens with zero attached hydrogens (tertiary/aromatic N) is 1. The van der Waals surface area contributed by atoms with Crippen LogP contribution in [0.2, 0.25) is 0 Å². The second-order valence-corrected chi connectivity index (χ2v) is 4.99. The summed E-state index contributed by atoms with van der Waals surface area (Å²) in [6, 6.07) is -2.24. The van der Waals surface area contributed by atoms with Crippen molar-refractivity contribution in [1.82, 2.24) is 4.90 Å². The van der Waals surface area contributed by atoms with E-state index in [1.807, 2.05) is 0 Å². The number of carbonyl (C=O) groups is 2. The van der Waals surface area contributed by atoms with Gasteiger partial charge in [-0.05, 0) is 5.92 Å². The number of carboxylic acid groups (broad SMARTS) is 1. The molecule has 0 aliphatic carbocycles. The lowest BCUT2D eigenvalue weighted by molar-refractivity contribution is -0.150. The van der Waals surface area contributed by atoms with Crippen LogP contribution < -0.4 is 5.73 Å². The van der Waals surface area contributed by atoms with E-state index in [1.54, 1.807) is 13.8 Å². The number of carbonyl (C=O) groups excluding carboxylic acids is 1. The third kappa shape index (κ3) is 2.98. The summed E-state index contributed by atoms with van der Waals surface area (Å²) in [5.41, 5.74) is 5.63. The largest absolute Gasteiger partial charge is 0.480 e. The number of nitrogens with two attached hydrogens (primary N) is 1. The van der Waals surface area contributed by atoms with E-state index in [0.29, 0.717) is 0 Å². The highest BCUT2D eigenvalue weighted by Crippen LogP contribution is 2.20. The number of amides is 1. The molecule has 4 unspecified atom stereocenters. The molecule has 0 radical (unpaired) electrons. The van der Waals surface area contributed by atoms with Crippen LogP contribution in [0.5, 0.6) is 0 Å². The molecule has 1 fully saturated rings. The highest BCUT2D eigenvalue weighted by atomic mass is 16.4. The molecule has 0 aromatic heterocycles. The molecule has 1 aliphatic rings. The van der Waals surface area contributed by atoms with Crippen molar-refractivity contribution in [3.63, 3.8) is 0 Å². The van der Waals surface area contributed by atoms with Gasteiger partial charge in [0.15, 0.2) is 0 Å². The molecule has 0 bridgehead atoms. The minimum atomic E-state index is -1.17. The molecule has 0 aromatic carbocycles. The summed E-state index contributed by atoms with van der Waals surface area (Å²) in [6.45, 7) is 3.37. The van der Waals surface area contributed by atoms with Crippen molar-refractivity contribution >= 4 is 11.9 Å². The molecule has 104 valence electrons. The number of aliphatic hydroxyl groups is 2. The first-order valence-electron chi connectivity index (χ1n) is 5.90. The van der Waals surface area contributed by atoms with Crippen LogP contribution in [-0.4, -0.2) is 62.9 Å². The topological polar surface area (TPSA) is 124 Å². The lowest BCUT2D eigenvalue weighted by atomic mass is 9.99. The van der Waals surface area contributed by atoms with Crippen LogP contribution in [0.3, 0.4) is 0 Å². The number of likely N-dealkylation sites (tertiary alicyclic amines) is 1. The molecule has 0 aromatic rings. The van der Waals surface area contributed by atoms with Gasteiger partial charge in [-0.1, -0.05) is 13.8 Å². The van der Waals surface area contributed by atoms with Crippen LogP contribution in [0.4, 0.5) is 0 Å². The Labute approximate surface area is 105 Å². The smallest absolute Gasteiger partial charge is 0.326 e. The quantitative estimate of drug-likeness (QED) is 0.481. The molecule has 1 heterocycles. The third-order valence-corrected chi connectivity index (χ3v) is 3.18. The van der Waals surface area contributed by atoms with Crippen molar-refractivity contribution in [1.29, 1.82) is 0 Å². The van der Waals surface area contributed by atoms with Gasteiger partial charge in [-0.15, -0.1) is 0 Å². The summed E-state index contributed by atoms with van der Waals surface area (Å²) in [7, 11) is 0. The van der Waals surface area contributed by atoms with E-state index >= 15 is 0 Å². The number of aliphatic hydroxyl groups excluding tert-OH is 2. The average Bonchev–Trinajstić information content (AvgIpc) is 2.68. The van der Waals surface area contributed by atoms with Gasteiger partial charge in [0.05, 0.1) is 12.2 Å². The Balaban J connectivity index is 2.79. The van der Waals surface area contributed by atoms with E-state index in [9.17, 15) is 19.8 Å². The Morgan fingerprint density at radius 2 is 1.94 bits per heavy atom. The molecule has 1 aliphatic heterocycles. The minimum Gasteiger partial charge on any atom is -0.480 e. The zero-order valence-electron chi connectivity index (χ0n) is 10.5. The molecule has 7 heteroatoms. The van der Waals surface area contributed by atoms with Gasteiger partial charge < -0.3 is 26.0 Å². The van der Waals surface area contributed by atoms with Gasteiger partial charge >= 0.3 is 5.97 Å². The van der Waals surface area contributed by atoms with Crippen molar-refractivity contribution in [2.75, 3.05) is 6.54 Å². The first kappa shape index (κ1) is 14.9. The fourth-order valence-electron chi connectivity index (χ4n) is 2.04. The van der Waals surface area contributed by atoms with Crippen molar-refractivity contribution in [2.24, 2.45) is 11.7 Å². The van der Waals surface area contributed by atoms with E-state index in [-0.39, 0.29) is 18.9 Å². The predicted octanol–water partition coefficient (Wildman–Crippen LogP) is -1.62. The van der Waals surface area contributed by atoms with Gasteiger partial charge in [0, 0.05) is 13.0 Å². The lowest BCUT2D eigenvalue weighted by Crippen LogP contribution is -2.54. The molecule has 18 heavy (non-hydrogen) atoms. The molecule has 7 nitrogen and oxygen atoms in total. The van der Waals surface area contributed by atoms with Gasteiger partial charge in [0.1, 0.15) is 12.1 Å². The first-order chi connectivity index (χ1) is 8.25. The standard InChI is InChI=1S/C11H20N2O5/c1-5(2)9(15)8(12)10(16)13-4-6(14)3-7(13)11(17)18/h5-9,14-15H,3-4,12H2,1-2H3,(H,17,18). The summed E-state index contributed by atoms with van der Waals surface area (Å²) < 4.78 is 0. The van der Waals surface area contributed by atoms with Crippen LogP contribution in [0.15, 0.2) is 0 Å². The third-order valence-electron chi connectivity index (χ3n) is 3.18. The van der Waals surface area contributed by atoms with Crippen molar-refractivity contribution < 1.29 is 24.9 Å². The zero-order valence-corrected chi connectivity index (χ0v) is 10.5. The molecule has 1 amide bonds. The van der Waals surface area contributed by atoms with Crippen LogP contribution in [0.25, 0.3) is 0 Å². The summed E-state index contributed by atoms with van der Waals surface area (Å²) in [6.07, 6.45) is -1.91. The summed E-state index contributed by atoms with van der Waals surface area (Å²) in [4.78, 5) is 24.0. The van der Waals surface area contributed by atoms with Crippen molar-refractivity contribution in [3.05, 3.63) is 0 Å². The molecule has 1 rings (SSSR count). The molecule has 1 saturated heterocycles. The van der Waals surface area contributed by atoms with Gasteiger partial charge in [0.25, 0.3) is 0 Å². The van der Waals surface area contributed by atoms with E-state index in [1.165, 1.54) is 0 Å². The number of hydrogen-bond donors (Lipinski definition) is 4. The fourth-order valence-corrected chi connectivity index (χ4v) is 2.04. The lowest BCUT2D eigenvalue weighted by Gasteiger charge is -2.28. The maximum absolute atomic E-state index is 12.0. The maximum Gasteiger partial charge on any atom is 0.326 e. The Hall–Kier alpha value is -1.18. The second kappa shape index (κ2) is 5.64. The number of β-amino-alcohol motifs (C(OH)–C–C–N with tert-alkyl or cyclic N) is 1. The highest BCUT2D eigenvalue weighted by Gasteiger charge is 2.42. The van der Waals surface area contributed by atoms with Crippen molar-refractivity contribution in [2.45, 2.75) is 44.6 Å². The maximum atomic E-state index is 12.0. The normalized spacial score (nSPS) is 27.3. The van der Waals surface area contributed by atoms with Gasteiger partial charge in [0.2, 0.25) is 5.91 Å². The van der Waals surface area contributed by atoms with Crippen LogP contribution in [-0.2, 0) is 9.59 Å². The summed E-state index contributed by atoms with van der Waals surface area (Å²) >= 11 is 0. The Bertz CT molecular complexity index is 333. The van der Waals surface area contributed by atoms with E-state index < -0.39 is 36.2 Å². The molecular weight excluding hydrogens is 240 g/mol. The Morgan fingerprint density at radius 3 is 2.39 bits per heavy atom. The molecule has 0 spiro atoms. The Morgan fingerprint density at radius 1 is 1.39 bits per heavy atom. The average molecular weight is 260 g/mol. The zero-order chi connectivity index (χ0) is 14.0. The molecular formula is C11H20N2O5. The summed E-state index contributed by atoms with van der Waals surface area (Å²) in [5, 5.41) is 28.1. The van der Waals surface area contributed by atoms with Gasteiger partial charge in [-0.25, -0.2) is 4.79 Å². The number of carboxylic acids is 1. The number of rotatable bonds is 4. The van der Waals surface area contributed by atoms with Crippen molar-refractivity contribution in [3.8, 4) is 0 Å². The Kier molecular flexibility index (Phi) is 4.66. The molecule has 5 N–H and O–H groups in total. The van der Waals surface area contributed by atoms with E-state index in [0.717, 1.165) is 4.90 Å². The van der Waals surface area contributed by atoms with Gasteiger partial charge in [-0.2, -0.15) is 0 Å². The second-order valence-electron chi connectivity index (χ2n) is 4.99. The molecule has 4 atom stereocenters. The van der Waals surface area contributed by atoms with E-state index in [4.69, 9.17) is 10.8 Å². The number of hydrogen-bond acceptors (Lipinski definition) is 5. The van der Waals surface area contributed by atoms with Crippen LogP contribution >= 0.6 is 0 Å². The first-order valence-corrected chi connectivity index (χ1v) is 5.90. The highest BCUT2D eigenvalue weighted by molar-refractivity contribution is 5.88. The fraction of sp³-hybridized carbons (Fsp3) is 0.818. The van der Waals surface area contributed by atoms with E-state index in [2.05, 4.69) is 0 Å². The number of aliphatic carboxylic acids is 1. The van der Waals surface area contributed by atoms with Crippen LogP contribution in [0, 0.1) is 5.92 Å².